The maximum absolute atomic E-state index is 11.1. The van der Waals surface area contributed by atoms with Crippen LogP contribution in [0.3, 0.4) is 0 Å². The van der Waals surface area contributed by atoms with Crippen LogP contribution in [0.2, 0.25) is 0 Å². The smallest absolute Gasteiger partial charge is 0.221 e. The van der Waals surface area contributed by atoms with E-state index in [9.17, 15) is 9.59 Å². The summed E-state index contributed by atoms with van der Waals surface area (Å²) in [4.78, 5) is 22.0. The molecule has 0 saturated heterocycles. The highest BCUT2D eigenvalue weighted by molar-refractivity contribution is 6.07. The number of carbonyl (C=O) groups is 2. The van der Waals surface area contributed by atoms with Crippen LogP contribution in [-0.4, -0.2) is 12.2 Å². The van der Waals surface area contributed by atoms with Crippen molar-refractivity contribution in [3.63, 3.8) is 0 Å². The van der Waals surface area contributed by atoms with Crippen LogP contribution in [0.1, 0.15) is 17.3 Å². The van der Waals surface area contributed by atoms with Crippen molar-refractivity contribution in [2.75, 3.05) is 5.32 Å². The summed E-state index contributed by atoms with van der Waals surface area (Å²) < 4.78 is 0. The fourth-order valence-corrected chi connectivity index (χ4v) is 1.70. The van der Waals surface area contributed by atoms with E-state index in [-0.39, 0.29) is 5.91 Å². The number of benzene rings is 2. The molecule has 0 spiro atoms. The normalized spacial score (nSPS) is 10.1. The lowest BCUT2D eigenvalue weighted by atomic mass is 10.0. The van der Waals surface area contributed by atoms with Crippen molar-refractivity contribution >= 4 is 28.7 Å². The largest absolute Gasteiger partial charge is 0.325 e. The third-order valence-corrected chi connectivity index (χ3v) is 2.39. The molecule has 1 N–H and O–H groups in total. The second-order valence-electron chi connectivity index (χ2n) is 3.55. The Bertz CT molecular complexity index is 561. The van der Waals surface area contributed by atoms with E-state index in [0.717, 1.165) is 17.1 Å². The highest BCUT2D eigenvalue weighted by Crippen LogP contribution is 2.26. The van der Waals surface area contributed by atoms with Crippen LogP contribution in [0, 0.1) is 0 Å². The number of hydrogen-bond donors (Lipinski definition) is 1. The Morgan fingerprint density at radius 3 is 2.62 bits per heavy atom. The van der Waals surface area contributed by atoms with Crippen molar-refractivity contribution in [1.82, 2.24) is 0 Å². The lowest BCUT2D eigenvalue weighted by Crippen LogP contribution is -2.08. The van der Waals surface area contributed by atoms with Gasteiger partial charge in [0, 0.05) is 17.9 Å². The van der Waals surface area contributed by atoms with E-state index in [2.05, 4.69) is 5.32 Å². The molecule has 3 nitrogen and oxygen atoms in total. The summed E-state index contributed by atoms with van der Waals surface area (Å²) >= 11 is 0. The van der Waals surface area contributed by atoms with Crippen LogP contribution in [0.25, 0.3) is 10.8 Å². The van der Waals surface area contributed by atoms with Gasteiger partial charge in [-0.15, -0.1) is 0 Å². The Labute approximate surface area is 93.1 Å². The first-order valence-electron chi connectivity index (χ1n) is 4.97. The molecular formula is C13H11NO2. The van der Waals surface area contributed by atoms with Gasteiger partial charge < -0.3 is 5.32 Å². The van der Waals surface area contributed by atoms with Gasteiger partial charge >= 0.3 is 0 Å². The van der Waals surface area contributed by atoms with Gasteiger partial charge in [0.1, 0.15) is 0 Å². The standard InChI is InChI=1S/C13H11NO2/c1-9(16)14-13-11(8-15)7-6-10-4-2-3-5-12(10)13/h2-8H,1H3,(H,14,16). The van der Waals surface area contributed by atoms with Gasteiger partial charge in [0.2, 0.25) is 5.91 Å². The Morgan fingerprint density at radius 1 is 1.19 bits per heavy atom. The Kier molecular flexibility index (Phi) is 2.68. The van der Waals surface area contributed by atoms with Gasteiger partial charge in [-0.1, -0.05) is 30.3 Å². The summed E-state index contributed by atoms with van der Waals surface area (Å²) in [5.74, 6) is -0.181. The van der Waals surface area contributed by atoms with E-state index in [1.165, 1.54) is 6.92 Å². The van der Waals surface area contributed by atoms with Gasteiger partial charge in [-0.25, -0.2) is 0 Å². The van der Waals surface area contributed by atoms with Crippen molar-refractivity contribution in [2.45, 2.75) is 6.92 Å². The maximum Gasteiger partial charge on any atom is 0.221 e. The first kappa shape index (κ1) is 10.4. The average Bonchev–Trinajstić information content (AvgIpc) is 2.29. The molecule has 2 aromatic rings. The molecule has 2 aromatic carbocycles. The topological polar surface area (TPSA) is 46.2 Å². The van der Waals surface area contributed by atoms with Crippen LogP contribution in [0.5, 0.6) is 0 Å². The number of nitrogens with one attached hydrogen (secondary N) is 1. The quantitative estimate of drug-likeness (QED) is 0.779. The zero-order valence-corrected chi connectivity index (χ0v) is 8.86. The lowest BCUT2D eigenvalue weighted by molar-refractivity contribution is -0.114. The second kappa shape index (κ2) is 4.14. The fraction of sp³-hybridized carbons (Fsp3) is 0.0769. The van der Waals surface area contributed by atoms with Crippen LogP contribution in [0.4, 0.5) is 5.69 Å². The molecule has 3 heteroatoms. The summed E-state index contributed by atoms with van der Waals surface area (Å²) in [6.45, 7) is 1.43. The number of amides is 1. The molecule has 0 aliphatic heterocycles. The van der Waals surface area contributed by atoms with E-state index in [1.807, 2.05) is 30.3 Å². The third-order valence-electron chi connectivity index (χ3n) is 2.39. The summed E-state index contributed by atoms with van der Waals surface area (Å²) in [6, 6.07) is 11.2. The maximum atomic E-state index is 11.1. The van der Waals surface area contributed by atoms with Gasteiger partial charge in [-0.05, 0) is 11.5 Å². The van der Waals surface area contributed by atoms with Gasteiger partial charge in [0.25, 0.3) is 0 Å². The summed E-state index contributed by atoms with van der Waals surface area (Å²) in [5.41, 5.74) is 1.08. The SMILES string of the molecule is CC(=O)Nc1c(C=O)ccc2ccccc12. The highest BCUT2D eigenvalue weighted by atomic mass is 16.1. The van der Waals surface area contributed by atoms with Crippen molar-refractivity contribution < 1.29 is 9.59 Å². The molecule has 2 rings (SSSR count). The van der Waals surface area contributed by atoms with Crippen molar-refractivity contribution in [3.8, 4) is 0 Å². The molecule has 0 aliphatic rings. The molecule has 0 heterocycles. The first-order valence-corrected chi connectivity index (χ1v) is 4.97. The first-order chi connectivity index (χ1) is 7.72. The average molecular weight is 213 g/mol. The van der Waals surface area contributed by atoms with Crippen molar-refractivity contribution in [3.05, 3.63) is 42.0 Å². The fourth-order valence-electron chi connectivity index (χ4n) is 1.70. The number of rotatable bonds is 2. The van der Waals surface area contributed by atoms with Crippen molar-refractivity contribution in [2.24, 2.45) is 0 Å². The Balaban J connectivity index is 2.72. The predicted molar refractivity (Wildman–Crippen MR) is 63.6 cm³/mol. The van der Waals surface area contributed by atoms with E-state index in [1.54, 1.807) is 6.07 Å². The number of aldehydes is 1. The lowest BCUT2D eigenvalue weighted by Gasteiger charge is -2.09. The molecule has 0 unspecified atom stereocenters. The van der Waals surface area contributed by atoms with E-state index < -0.39 is 0 Å². The summed E-state index contributed by atoms with van der Waals surface area (Å²) in [5, 5.41) is 4.57. The molecule has 0 aliphatic carbocycles. The molecular weight excluding hydrogens is 202 g/mol. The van der Waals surface area contributed by atoms with Gasteiger partial charge in [0.15, 0.2) is 6.29 Å². The van der Waals surface area contributed by atoms with Gasteiger partial charge in [-0.2, -0.15) is 0 Å². The molecule has 1 amide bonds. The zero-order chi connectivity index (χ0) is 11.5. The van der Waals surface area contributed by atoms with E-state index >= 15 is 0 Å². The minimum absolute atomic E-state index is 0.181. The number of fused-ring (bicyclic) bond motifs is 1. The zero-order valence-electron chi connectivity index (χ0n) is 8.86. The van der Waals surface area contributed by atoms with Crippen LogP contribution >= 0.6 is 0 Å². The molecule has 0 saturated carbocycles. The molecule has 80 valence electrons. The number of hydrogen-bond acceptors (Lipinski definition) is 2. The van der Waals surface area contributed by atoms with Crippen LogP contribution < -0.4 is 5.32 Å². The summed E-state index contributed by atoms with van der Waals surface area (Å²) in [7, 11) is 0. The van der Waals surface area contributed by atoms with Crippen molar-refractivity contribution in [1.29, 1.82) is 0 Å². The highest BCUT2D eigenvalue weighted by Gasteiger charge is 2.07. The van der Waals surface area contributed by atoms with Crippen LogP contribution in [-0.2, 0) is 4.79 Å². The molecule has 16 heavy (non-hydrogen) atoms. The minimum atomic E-state index is -0.181. The molecule has 0 fully saturated rings. The predicted octanol–water partition coefficient (Wildman–Crippen LogP) is 2.61. The summed E-state index contributed by atoms with van der Waals surface area (Å²) in [6.07, 6.45) is 0.748. The van der Waals surface area contributed by atoms with Crippen LogP contribution in [0.15, 0.2) is 36.4 Å². The number of carbonyl (C=O) groups excluding carboxylic acids is 2. The van der Waals surface area contributed by atoms with E-state index in [0.29, 0.717) is 11.3 Å². The minimum Gasteiger partial charge on any atom is -0.325 e. The Morgan fingerprint density at radius 2 is 1.94 bits per heavy atom. The molecule has 0 radical (unpaired) electrons. The molecule has 0 bridgehead atoms. The van der Waals surface area contributed by atoms with E-state index in [4.69, 9.17) is 0 Å². The molecule has 0 aromatic heterocycles. The number of anilines is 1. The van der Waals surface area contributed by atoms with Gasteiger partial charge in [0.05, 0.1) is 5.69 Å². The monoisotopic (exact) mass is 213 g/mol. The molecule has 0 atom stereocenters. The second-order valence-corrected chi connectivity index (χ2v) is 3.55. The van der Waals surface area contributed by atoms with Gasteiger partial charge in [-0.3, -0.25) is 9.59 Å². The third kappa shape index (κ3) is 1.80. The Hall–Kier alpha value is -2.16.